The molecular formula is C9H18F2N2O2. The maximum absolute atomic E-state index is 12.6. The summed E-state index contributed by atoms with van der Waals surface area (Å²) in [6.45, 7) is -0.0838. The number of alkyl halides is 2. The molecule has 0 spiro atoms. The summed E-state index contributed by atoms with van der Waals surface area (Å²) in [5.41, 5.74) is 5.33. The highest BCUT2D eigenvalue weighted by atomic mass is 19.3. The van der Waals surface area contributed by atoms with Crippen LogP contribution in [0.1, 0.15) is 19.8 Å². The Balaban J connectivity index is 4.01. The number of rotatable bonds is 7. The van der Waals surface area contributed by atoms with Crippen LogP contribution < -0.4 is 11.1 Å². The first-order valence-corrected chi connectivity index (χ1v) is 4.93. The molecule has 0 rings (SSSR count). The summed E-state index contributed by atoms with van der Waals surface area (Å²) in [6.07, 6.45) is 1.35. The Morgan fingerprint density at radius 2 is 2.20 bits per heavy atom. The van der Waals surface area contributed by atoms with E-state index in [0.29, 0.717) is 6.42 Å². The van der Waals surface area contributed by atoms with Crippen LogP contribution in [0.3, 0.4) is 0 Å². The Bertz CT molecular complexity index is 201. The first kappa shape index (κ1) is 14.2. The van der Waals surface area contributed by atoms with E-state index in [1.807, 2.05) is 6.92 Å². The molecule has 15 heavy (non-hydrogen) atoms. The number of aliphatic hydroxyl groups excluding tert-OH is 1. The van der Waals surface area contributed by atoms with E-state index in [1.165, 1.54) is 0 Å². The lowest BCUT2D eigenvalue weighted by molar-refractivity contribution is -0.127. The Hall–Kier alpha value is -0.750. The molecule has 1 amide bonds. The highest BCUT2D eigenvalue weighted by Crippen LogP contribution is 2.11. The monoisotopic (exact) mass is 224 g/mol. The molecule has 0 aromatic heterocycles. The number of carbonyl (C=O) groups is 1. The van der Waals surface area contributed by atoms with Crippen molar-refractivity contribution in [2.24, 2.45) is 11.7 Å². The lowest BCUT2D eigenvalue weighted by Crippen LogP contribution is -2.43. The molecule has 0 fully saturated rings. The van der Waals surface area contributed by atoms with Gasteiger partial charge in [0.25, 0.3) is 5.92 Å². The zero-order chi connectivity index (χ0) is 11.9. The van der Waals surface area contributed by atoms with Crippen molar-refractivity contribution in [1.29, 1.82) is 0 Å². The molecule has 0 saturated carbocycles. The van der Waals surface area contributed by atoms with Crippen molar-refractivity contribution in [3.05, 3.63) is 0 Å². The van der Waals surface area contributed by atoms with E-state index in [4.69, 9.17) is 10.8 Å². The summed E-state index contributed by atoms with van der Waals surface area (Å²) < 4.78 is 25.1. The van der Waals surface area contributed by atoms with Crippen molar-refractivity contribution in [2.45, 2.75) is 25.7 Å². The van der Waals surface area contributed by atoms with Crippen LogP contribution in [0.15, 0.2) is 0 Å². The minimum atomic E-state index is -3.26. The second-order valence-electron chi connectivity index (χ2n) is 3.45. The normalized spacial score (nSPS) is 13.7. The molecule has 0 aromatic rings. The first-order valence-electron chi connectivity index (χ1n) is 4.93. The summed E-state index contributed by atoms with van der Waals surface area (Å²) in [5.74, 6) is -4.17. The molecule has 0 radical (unpaired) electrons. The van der Waals surface area contributed by atoms with Crippen molar-refractivity contribution in [3.63, 3.8) is 0 Å². The number of amides is 1. The molecule has 0 aliphatic heterocycles. The highest BCUT2D eigenvalue weighted by Gasteiger charge is 2.29. The quantitative estimate of drug-likeness (QED) is 0.574. The van der Waals surface area contributed by atoms with Gasteiger partial charge < -0.3 is 16.2 Å². The van der Waals surface area contributed by atoms with Gasteiger partial charge in [0.2, 0.25) is 5.91 Å². The van der Waals surface area contributed by atoms with Gasteiger partial charge in [-0.3, -0.25) is 4.79 Å². The van der Waals surface area contributed by atoms with Crippen LogP contribution in [0.25, 0.3) is 0 Å². The van der Waals surface area contributed by atoms with Gasteiger partial charge in [-0.1, -0.05) is 13.3 Å². The van der Waals surface area contributed by atoms with Gasteiger partial charge in [-0.2, -0.15) is 0 Å². The molecule has 0 bridgehead atoms. The second kappa shape index (κ2) is 6.68. The number of nitrogens with two attached hydrogens (primary N) is 1. The van der Waals surface area contributed by atoms with Gasteiger partial charge in [0.1, 0.15) is 6.61 Å². The summed E-state index contributed by atoms with van der Waals surface area (Å²) in [6, 6.07) is 0. The van der Waals surface area contributed by atoms with Crippen molar-refractivity contribution < 1.29 is 18.7 Å². The minimum absolute atomic E-state index is 0.143. The van der Waals surface area contributed by atoms with E-state index in [0.717, 1.165) is 6.42 Å². The van der Waals surface area contributed by atoms with Gasteiger partial charge in [0.05, 0.1) is 12.5 Å². The predicted molar refractivity (Wildman–Crippen MR) is 52.5 cm³/mol. The number of hydrogen-bond acceptors (Lipinski definition) is 3. The zero-order valence-electron chi connectivity index (χ0n) is 8.80. The zero-order valence-corrected chi connectivity index (χ0v) is 8.80. The fourth-order valence-corrected chi connectivity index (χ4v) is 1.12. The molecule has 4 nitrogen and oxygen atoms in total. The number of halogens is 2. The van der Waals surface area contributed by atoms with Gasteiger partial charge in [-0.05, 0) is 6.42 Å². The smallest absolute Gasteiger partial charge is 0.287 e. The van der Waals surface area contributed by atoms with Crippen LogP contribution in [0.2, 0.25) is 0 Å². The maximum Gasteiger partial charge on any atom is 0.287 e. The molecule has 1 atom stereocenters. The van der Waals surface area contributed by atoms with Crippen LogP contribution in [-0.2, 0) is 4.79 Å². The van der Waals surface area contributed by atoms with Crippen LogP contribution in [0.4, 0.5) is 8.78 Å². The van der Waals surface area contributed by atoms with E-state index < -0.39 is 30.9 Å². The largest absolute Gasteiger partial charge is 0.390 e. The van der Waals surface area contributed by atoms with Crippen LogP contribution >= 0.6 is 0 Å². The third-order valence-electron chi connectivity index (χ3n) is 2.05. The first-order chi connectivity index (χ1) is 6.96. The van der Waals surface area contributed by atoms with Crippen molar-refractivity contribution in [1.82, 2.24) is 5.32 Å². The number of hydrogen-bond donors (Lipinski definition) is 3. The average Bonchev–Trinajstić information content (AvgIpc) is 2.22. The lowest BCUT2D eigenvalue weighted by Gasteiger charge is -2.17. The number of aliphatic hydroxyl groups is 1. The summed E-state index contributed by atoms with van der Waals surface area (Å²) in [4.78, 5) is 11.3. The molecule has 0 heterocycles. The van der Waals surface area contributed by atoms with Crippen molar-refractivity contribution in [3.8, 4) is 0 Å². The molecule has 4 N–H and O–H groups in total. The topological polar surface area (TPSA) is 75.4 Å². The van der Waals surface area contributed by atoms with Crippen molar-refractivity contribution >= 4 is 5.91 Å². The Labute approximate surface area is 87.8 Å². The Kier molecular flexibility index (Phi) is 6.35. The van der Waals surface area contributed by atoms with E-state index in [2.05, 4.69) is 5.32 Å². The van der Waals surface area contributed by atoms with Gasteiger partial charge in [-0.25, -0.2) is 8.78 Å². The SMILES string of the molecule is CCCC(CN)C(=O)NCC(F)(F)CO. The molecule has 1 unspecified atom stereocenters. The molecule has 0 aliphatic carbocycles. The van der Waals surface area contributed by atoms with Gasteiger partial charge >= 0.3 is 0 Å². The van der Waals surface area contributed by atoms with Gasteiger partial charge in [-0.15, -0.1) is 0 Å². The fraction of sp³-hybridized carbons (Fsp3) is 0.889. The van der Waals surface area contributed by atoms with E-state index in [9.17, 15) is 13.6 Å². The molecule has 6 heteroatoms. The maximum atomic E-state index is 12.6. The molecule has 0 aromatic carbocycles. The highest BCUT2D eigenvalue weighted by molar-refractivity contribution is 5.78. The molecule has 0 aliphatic rings. The number of carbonyl (C=O) groups excluding carboxylic acids is 1. The molecule has 0 saturated heterocycles. The van der Waals surface area contributed by atoms with E-state index >= 15 is 0 Å². The average molecular weight is 224 g/mol. The Morgan fingerprint density at radius 1 is 1.60 bits per heavy atom. The third kappa shape index (κ3) is 5.64. The lowest BCUT2D eigenvalue weighted by atomic mass is 10.0. The predicted octanol–water partition coefficient (Wildman–Crippen LogP) is 0.105. The van der Waals surface area contributed by atoms with E-state index in [1.54, 1.807) is 0 Å². The summed E-state index contributed by atoms with van der Waals surface area (Å²) in [7, 11) is 0. The third-order valence-corrected chi connectivity index (χ3v) is 2.05. The molecular weight excluding hydrogens is 206 g/mol. The minimum Gasteiger partial charge on any atom is -0.390 e. The van der Waals surface area contributed by atoms with Gasteiger partial charge in [0, 0.05) is 6.54 Å². The standard InChI is InChI=1S/C9H18F2N2O2/c1-2-3-7(4-12)8(15)13-5-9(10,11)6-14/h7,14H,2-6,12H2,1H3,(H,13,15). The van der Waals surface area contributed by atoms with E-state index in [-0.39, 0.29) is 6.54 Å². The summed E-state index contributed by atoms with van der Waals surface area (Å²) in [5, 5.41) is 10.4. The molecule has 90 valence electrons. The number of nitrogens with one attached hydrogen (secondary N) is 1. The fourth-order valence-electron chi connectivity index (χ4n) is 1.12. The summed E-state index contributed by atoms with van der Waals surface area (Å²) >= 11 is 0. The van der Waals surface area contributed by atoms with Crippen LogP contribution in [-0.4, -0.2) is 36.6 Å². The Morgan fingerprint density at radius 3 is 2.60 bits per heavy atom. The van der Waals surface area contributed by atoms with Crippen LogP contribution in [0, 0.1) is 5.92 Å². The van der Waals surface area contributed by atoms with Crippen LogP contribution in [0.5, 0.6) is 0 Å². The van der Waals surface area contributed by atoms with Crippen molar-refractivity contribution in [2.75, 3.05) is 19.7 Å². The van der Waals surface area contributed by atoms with Gasteiger partial charge in [0.15, 0.2) is 0 Å². The second-order valence-corrected chi connectivity index (χ2v) is 3.45.